The van der Waals surface area contributed by atoms with E-state index in [1.54, 1.807) is 24.3 Å². The summed E-state index contributed by atoms with van der Waals surface area (Å²) in [4.78, 5) is 23.7. The van der Waals surface area contributed by atoms with Gasteiger partial charge in [-0.2, -0.15) is 0 Å². The molecule has 5 heteroatoms. The van der Waals surface area contributed by atoms with E-state index in [1.165, 1.54) is 12.5 Å². The molecule has 1 N–H and O–H groups in total. The van der Waals surface area contributed by atoms with E-state index in [9.17, 15) is 9.59 Å². The molecule has 24 heavy (non-hydrogen) atoms. The summed E-state index contributed by atoms with van der Waals surface area (Å²) in [5.41, 5.74) is 1.84. The van der Waals surface area contributed by atoms with Gasteiger partial charge >= 0.3 is 5.97 Å². The molecule has 0 radical (unpaired) electrons. The van der Waals surface area contributed by atoms with E-state index in [0.29, 0.717) is 11.4 Å². The lowest BCUT2D eigenvalue weighted by Crippen LogP contribution is -2.31. The van der Waals surface area contributed by atoms with Crippen LogP contribution in [0.25, 0.3) is 0 Å². The molecular weight excluding hydrogens is 306 g/mol. The Morgan fingerprint density at radius 2 is 1.71 bits per heavy atom. The molecule has 5 nitrogen and oxygen atoms in total. The number of benzene rings is 2. The first-order chi connectivity index (χ1) is 11.6. The summed E-state index contributed by atoms with van der Waals surface area (Å²) < 4.78 is 10.4. The van der Waals surface area contributed by atoms with Crippen molar-refractivity contribution >= 4 is 17.6 Å². The lowest BCUT2D eigenvalue weighted by Gasteiger charge is -2.14. The molecule has 0 spiro atoms. The number of hydrogen-bond acceptors (Lipinski definition) is 4. The second-order valence-corrected chi connectivity index (χ2v) is 5.27. The molecule has 2 aromatic rings. The smallest absolute Gasteiger partial charge is 0.344 e. The van der Waals surface area contributed by atoms with Gasteiger partial charge in [-0.25, -0.2) is 4.79 Å². The largest absolute Gasteiger partial charge is 0.482 e. The summed E-state index contributed by atoms with van der Waals surface area (Å²) in [5.74, 6) is -0.391. The van der Waals surface area contributed by atoms with Gasteiger partial charge in [0.05, 0.1) is 0 Å². The van der Waals surface area contributed by atoms with Crippen molar-refractivity contribution in [2.45, 2.75) is 26.4 Å². The molecule has 0 bridgehead atoms. The third-order valence-corrected chi connectivity index (χ3v) is 3.41. The number of esters is 1. The summed E-state index contributed by atoms with van der Waals surface area (Å²) in [6.07, 6.45) is 0.0416. The normalized spacial score (nSPS) is 11.4. The lowest BCUT2D eigenvalue weighted by atomic mass is 10.2. The highest BCUT2D eigenvalue weighted by atomic mass is 16.6. The van der Waals surface area contributed by atoms with Crippen LogP contribution in [-0.4, -0.2) is 24.6 Å². The Kier molecular flexibility index (Phi) is 6.37. The topological polar surface area (TPSA) is 64.6 Å². The molecule has 126 valence electrons. The Morgan fingerprint density at radius 3 is 2.33 bits per heavy atom. The molecule has 2 aromatic carbocycles. The summed E-state index contributed by atoms with van der Waals surface area (Å²) in [6, 6.07) is 16.5. The molecule has 0 aliphatic rings. The quantitative estimate of drug-likeness (QED) is 0.793. The number of rotatable bonds is 7. The Hall–Kier alpha value is -2.82. The number of nitrogens with one attached hydrogen (secondary N) is 1. The molecule has 0 aliphatic carbocycles. The third-order valence-electron chi connectivity index (χ3n) is 3.41. The molecule has 0 saturated heterocycles. The predicted octanol–water partition coefficient (Wildman–Crippen LogP) is 3.20. The maximum atomic E-state index is 12.0. The van der Waals surface area contributed by atoms with E-state index >= 15 is 0 Å². The Labute approximate surface area is 141 Å². The highest BCUT2D eigenvalue weighted by Gasteiger charge is 2.18. The zero-order valence-corrected chi connectivity index (χ0v) is 13.8. The molecule has 0 unspecified atom stereocenters. The maximum absolute atomic E-state index is 12.0. The maximum Gasteiger partial charge on any atom is 0.344 e. The number of amides is 1. The number of para-hydroxylation sites is 1. The van der Waals surface area contributed by atoms with Gasteiger partial charge in [0.15, 0.2) is 12.7 Å². The first kappa shape index (κ1) is 17.5. The summed E-state index contributed by atoms with van der Waals surface area (Å²) in [7, 11) is 0. The Balaban J connectivity index is 1.77. The Bertz CT molecular complexity index is 668. The number of hydrogen-bond donors (Lipinski definition) is 1. The van der Waals surface area contributed by atoms with Crippen LogP contribution in [-0.2, 0) is 20.7 Å². The van der Waals surface area contributed by atoms with Crippen molar-refractivity contribution in [2.24, 2.45) is 0 Å². The second kappa shape index (κ2) is 8.72. The molecule has 0 aromatic heterocycles. The van der Waals surface area contributed by atoms with E-state index in [1.807, 2.05) is 30.3 Å². The third kappa shape index (κ3) is 5.43. The molecule has 1 atom stereocenters. The minimum atomic E-state index is -0.899. The molecule has 0 heterocycles. The lowest BCUT2D eigenvalue weighted by molar-refractivity contribution is -0.155. The zero-order valence-electron chi connectivity index (χ0n) is 13.8. The van der Waals surface area contributed by atoms with Crippen molar-refractivity contribution in [1.82, 2.24) is 0 Å². The van der Waals surface area contributed by atoms with Crippen LogP contribution in [0.15, 0.2) is 54.6 Å². The highest BCUT2D eigenvalue weighted by molar-refractivity contribution is 5.95. The summed E-state index contributed by atoms with van der Waals surface area (Å²) in [6.45, 7) is 3.34. The van der Waals surface area contributed by atoms with Gasteiger partial charge in [0, 0.05) is 5.69 Å². The van der Waals surface area contributed by atoms with Crippen molar-refractivity contribution in [3.8, 4) is 5.75 Å². The summed E-state index contributed by atoms with van der Waals surface area (Å²) >= 11 is 0. The average molecular weight is 327 g/mol. The minimum absolute atomic E-state index is 0.242. The van der Waals surface area contributed by atoms with Gasteiger partial charge in [-0.15, -0.1) is 0 Å². The van der Waals surface area contributed by atoms with Crippen LogP contribution >= 0.6 is 0 Å². The first-order valence-corrected chi connectivity index (χ1v) is 7.85. The number of aryl methyl sites for hydroxylation is 1. The fraction of sp³-hybridized carbons (Fsp3) is 0.263. The standard InChI is InChI=1S/C19H21NO4/c1-3-15-9-11-17(12-10-15)23-13-18(21)24-14(2)19(22)20-16-7-5-4-6-8-16/h4-12,14H,3,13H2,1-2H3,(H,20,22)/t14-/m1/s1. The van der Waals surface area contributed by atoms with E-state index in [0.717, 1.165) is 6.42 Å². The average Bonchev–Trinajstić information content (AvgIpc) is 2.61. The van der Waals surface area contributed by atoms with Gasteiger partial charge in [-0.05, 0) is 43.2 Å². The van der Waals surface area contributed by atoms with Crippen molar-refractivity contribution in [3.63, 3.8) is 0 Å². The van der Waals surface area contributed by atoms with Gasteiger partial charge in [0.1, 0.15) is 5.75 Å². The highest BCUT2D eigenvalue weighted by Crippen LogP contribution is 2.12. The van der Waals surface area contributed by atoms with Crippen molar-refractivity contribution in [1.29, 1.82) is 0 Å². The van der Waals surface area contributed by atoms with Crippen molar-refractivity contribution in [3.05, 3.63) is 60.2 Å². The van der Waals surface area contributed by atoms with Gasteiger partial charge < -0.3 is 14.8 Å². The van der Waals surface area contributed by atoms with Crippen LogP contribution < -0.4 is 10.1 Å². The molecule has 0 aliphatic heterocycles. The van der Waals surface area contributed by atoms with Crippen LogP contribution in [0, 0.1) is 0 Å². The van der Waals surface area contributed by atoms with Gasteiger partial charge in [0.25, 0.3) is 5.91 Å². The SMILES string of the molecule is CCc1ccc(OCC(=O)O[C@H](C)C(=O)Nc2ccccc2)cc1. The number of ether oxygens (including phenoxy) is 2. The van der Waals surface area contributed by atoms with Crippen LogP contribution in [0.3, 0.4) is 0 Å². The van der Waals surface area contributed by atoms with E-state index in [-0.39, 0.29) is 12.5 Å². The van der Waals surface area contributed by atoms with E-state index < -0.39 is 12.1 Å². The minimum Gasteiger partial charge on any atom is -0.482 e. The first-order valence-electron chi connectivity index (χ1n) is 7.85. The second-order valence-electron chi connectivity index (χ2n) is 5.27. The molecule has 2 rings (SSSR count). The monoisotopic (exact) mass is 327 g/mol. The number of carbonyl (C=O) groups is 2. The van der Waals surface area contributed by atoms with Crippen LogP contribution in [0.1, 0.15) is 19.4 Å². The molecule has 1 amide bonds. The van der Waals surface area contributed by atoms with Crippen LogP contribution in [0.4, 0.5) is 5.69 Å². The fourth-order valence-electron chi connectivity index (χ4n) is 2.01. The van der Waals surface area contributed by atoms with Gasteiger partial charge in [-0.3, -0.25) is 4.79 Å². The van der Waals surface area contributed by atoms with Crippen LogP contribution in [0.5, 0.6) is 5.75 Å². The Morgan fingerprint density at radius 1 is 1.04 bits per heavy atom. The number of carbonyl (C=O) groups excluding carboxylic acids is 2. The van der Waals surface area contributed by atoms with Gasteiger partial charge in [0.2, 0.25) is 0 Å². The van der Waals surface area contributed by atoms with E-state index in [4.69, 9.17) is 9.47 Å². The predicted molar refractivity (Wildman–Crippen MR) is 91.9 cm³/mol. The molecular formula is C19H21NO4. The summed E-state index contributed by atoms with van der Waals surface area (Å²) in [5, 5.41) is 2.68. The molecule has 0 saturated carbocycles. The van der Waals surface area contributed by atoms with Gasteiger partial charge in [-0.1, -0.05) is 37.3 Å². The van der Waals surface area contributed by atoms with Crippen LogP contribution in [0.2, 0.25) is 0 Å². The van der Waals surface area contributed by atoms with Crippen molar-refractivity contribution in [2.75, 3.05) is 11.9 Å². The van der Waals surface area contributed by atoms with Crippen molar-refractivity contribution < 1.29 is 19.1 Å². The number of anilines is 1. The fourth-order valence-corrected chi connectivity index (χ4v) is 2.01. The zero-order chi connectivity index (χ0) is 17.4. The van der Waals surface area contributed by atoms with E-state index in [2.05, 4.69) is 12.2 Å². The molecule has 0 fully saturated rings.